The standard InChI is InChI=1S/C15H9Cl3N4O2/c1-23-7-3-4-8(10(5-7)24-2)14-20-21-15-12(17)11(16)9(6-19)13(18)22(14)15/h3-5H,1-2H3. The van der Waals surface area contributed by atoms with Gasteiger partial charge in [-0.3, -0.25) is 4.40 Å². The second-order valence-electron chi connectivity index (χ2n) is 4.65. The van der Waals surface area contributed by atoms with Gasteiger partial charge in [0.1, 0.15) is 33.3 Å². The van der Waals surface area contributed by atoms with Crippen LogP contribution < -0.4 is 9.47 Å². The summed E-state index contributed by atoms with van der Waals surface area (Å²) in [6, 6.07) is 7.13. The number of nitriles is 1. The second kappa shape index (κ2) is 6.36. The molecule has 9 heteroatoms. The minimum atomic E-state index is 0.0392. The van der Waals surface area contributed by atoms with Crippen molar-refractivity contribution in [2.45, 2.75) is 0 Å². The smallest absolute Gasteiger partial charge is 0.182 e. The number of aromatic nitrogens is 3. The van der Waals surface area contributed by atoms with E-state index in [2.05, 4.69) is 10.2 Å². The van der Waals surface area contributed by atoms with Crippen LogP contribution in [0, 0.1) is 11.3 Å². The predicted octanol–water partition coefficient (Wildman–Crippen LogP) is 4.25. The highest BCUT2D eigenvalue weighted by Gasteiger charge is 2.23. The first-order valence-electron chi connectivity index (χ1n) is 6.57. The maximum Gasteiger partial charge on any atom is 0.182 e. The van der Waals surface area contributed by atoms with Gasteiger partial charge in [0.15, 0.2) is 11.5 Å². The van der Waals surface area contributed by atoms with Crippen molar-refractivity contribution in [2.75, 3.05) is 14.2 Å². The van der Waals surface area contributed by atoms with Gasteiger partial charge < -0.3 is 9.47 Å². The second-order valence-corrected chi connectivity index (χ2v) is 5.77. The van der Waals surface area contributed by atoms with Crippen LogP contribution in [-0.2, 0) is 0 Å². The van der Waals surface area contributed by atoms with Gasteiger partial charge in [-0.15, -0.1) is 10.2 Å². The molecular formula is C15H9Cl3N4O2. The maximum absolute atomic E-state index is 9.28. The quantitative estimate of drug-likeness (QED) is 0.632. The van der Waals surface area contributed by atoms with E-state index in [9.17, 15) is 5.26 Å². The van der Waals surface area contributed by atoms with Gasteiger partial charge in [0.2, 0.25) is 0 Å². The SMILES string of the molecule is COc1ccc(-c2nnc3c(Cl)c(Cl)c(C#N)c(Cl)n23)c(OC)c1. The van der Waals surface area contributed by atoms with E-state index in [4.69, 9.17) is 44.3 Å². The van der Waals surface area contributed by atoms with Crippen LogP contribution in [0.3, 0.4) is 0 Å². The lowest BCUT2D eigenvalue weighted by molar-refractivity contribution is 0.395. The molecule has 24 heavy (non-hydrogen) atoms. The number of pyridine rings is 1. The summed E-state index contributed by atoms with van der Waals surface area (Å²) in [5.41, 5.74) is 0.901. The van der Waals surface area contributed by atoms with E-state index >= 15 is 0 Å². The molecule has 0 fully saturated rings. The van der Waals surface area contributed by atoms with Crippen LogP contribution in [0.5, 0.6) is 11.5 Å². The van der Waals surface area contributed by atoms with E-state index in [1.165, 1.54) is 11.5 Å². The van der Waals surface area contributed by atoms with Gasteiger partial charge in [-0.05, 0) is 12.1 Å². The van der Waals surface area contributed by atoms with Gasteiger partial charge in [-0.25, -0.2) is 0 Å². The maximum atomic E-state index is 9.28. The van der Waals surface area contributed by atoms with Crippen LogP contribution in [-0.4, -0.2) is 28.8 Å². The van der Waals surface area contributed by atoms with E-state index in [0.29, 0.717) is 22.9 Å². The molecule has 0 amide bonds. The average Bonchev–Trinajstić information content (AvgIpc) is 3.04. The molecular weight excluding hydrogens is 375 g/mol. The highest BCUT2D eigenvalue weighted by Crippen LogP contribution is 2.38. The molecule has 0 aliphatic carbocycles. The molecule has 0 bridgehead atoms. The number of hydrogen-bond acceptors (Lipinski definition) is 5. The third-order valence-corrected chi connectivity index (χ3v) is 4.63. The van der Waals surface area contributed by atoms with Crippen LogP contribution in [0.4, 0.5) is 0 Å². The summed E-state index contributed by atoms with van der Waals surface area (Å²) in [5, 5.41) is 17.6. The van der Waals surface area contributed by atoms with Crippen molar-refractivity contribution in [1.82, 2.24) is 14.6 Å². The monoisotopic (exact) mass is 382 g/mol. The molecule has 0 atom stereocenters. The molecule has 0 unspecified atom stereocenters. The van der Waals surface area contributed by atoms with Gasteiger partial charge in [0, 0.05) is 6.07 Å². The summed E-state index contributed by atoms with van der Waals surface area (Å²) in [5.74, 6) is 1.49. The lowest BCUT2D eigenvalue weighted by atomic mass is 10.1. The lowest BCUT2D eigenvalue weighted by Crippen LogP contribution is -1.98. The van der Waals surface area contributed by atoms with Crippen LogP contribution in [0.25, 0.3) is 17.0 Å². The Balaban J connectivity index is 2.37. The van der Waals surface area contributed by atoms with Crippen molar-refractivity contribution < 1.29 is 9.47 Å². The summed E-state index contributed by atoms with van der Waals surface area (Å²) in [6.45, 7) is 0. The van der Waals surface area contributed by atoms with Crippen molar-refractivity contribution in [2.24, 2.45) is 0 Å². The van der Waals surface area contributed by atoms with E-state index in [-0.39, 0.29) is 26.4 Å². The van der Waals surface area contributed by atoms with Crippen LogP contribution in [0.1, 0.15) is 5.56 Å². The van der Waals surface area contributed by atoms with Crippen LogP contribution in [0.15, 0.2) is 18.2 Å². The summed E-state index contributed by atoms with van der Waals surface area (Å²) >= 11 is 18.6. The summed E-state index contributed by atoms with van der Waals surface area (Å²) in [6.07, 6.45) is 0. The fourth-order valence-electron chi connectivity index (χ4n) is 2.28. The summed E-state index contributed by atoms with van der Waals surface area (Å²) in [7, 11) is 3.08. The number of rotatable bonds is 3. The van der Waals surface area contributed by atoms with Crippen molar-refractivity contribution in [3.05, 3.63) is 39.0 Å². The largest absolute Gasteiger partial charge is 0.497 e. The van der Waals surface area contributed by atoms with Crippen molar-refractivity contribution in [1.29, 1.82) is 5.26 Å². The normalized spacial score (nSPS) is 10.7. The Labute approximate surface area is 152 Å². The average molecular weight is 384 g/mol. The number of methoxy groups -OCH3 is 2. The Bertz CT molecular complexity index is 995. The predicted molar refractivity (Wildman–Crippen MR) is 91.3 cm³/mol. The molecule has 6 nitrogen and oxygen atoms in total. The number of nitrogens with zero attached hydrogens (tertiary/aromatic N) is 4. The number of hydrogen-bond donors (Lipinski definition) is 0. The number of benzene rings is 1. The van der Waals surface area contributed by atoms with E-state index in [0.717, 1.165) is 0 Å². The number of ether oxygens (including phenoxy) is 2. The van der Waals surface area contributed by atoms with Crippen LogP contribution >= 0.6 is 34.8 Å². The molecule has 0 spiro atoms. The molecule has 2 heterocycles. The van der Waals surface area contributed by atoms with E-state index in [1.54, 1.807) is 25.3 Å². The molecule has 3 aromatic rings. The third kappa shape index (κ3) is 2.42. The molecule has 0 saturated carbocycles. The summed E-state index contributed by atoms with van der Waals surface area (Å²) < 4.78 is 12.0. The number of fused-ring (bicyclic) bond motifs is 1. The van der Waals surface area contributed by atoms with Gasteiger partial charge in [0.25, 0.3) is 0 Å². The zero-order valence-corrected chi connectivity index (χ0v) is 14.7. The minimum absolute atomic E-state index is 0.0392. The van der Waals surface area contributed by atoms with Crippen LogP contribution in [0.2, 0.25) is 15.2 Å². The van der Waals surface area contributed by atoms with Gasteiger partial charge in [-0.2, -0.15) is 5.26 Å². The topological polar surface area (TPSA) is 72.4 Å². The van der Waals surface area contributed by atoms with Crippen molar-refractivity contribution in [3.63, 3.8) is 0 Å². The Hall–Kier alpha value is -2.20. The minimum Gasteiger partial charge on any atom is -0.497 e. The Kier molecular flexibility index (Phi) is 4.41. The molecule has 2 aromatic heterocycles. The molecule has 0 N–H and O–H groups in total. The zero-order valence-electron chi connectivity index (χ0n) is 12.5. The van der Waals surface area contributed by atoms with Gasteiger partial charge >= 0.3 is 0 Å². The van der Waals surface area contributed by atoms with Gasteiger partial charge in [0.05, 0.1) is 24.8 Å². The summed E-state index contributed by atoms with van der Waals surface area (Å²) in [4.78, 5) is 0. The zero-order chi connectivity index (χ0) is 17.4. The fraction of sp³-hybridized carbons (Fsp3) is 0.133. The molecule has 0 radical (unpaired) electrons. The van der Waals surface area contributed by atoms with E-state index < -0.39 is 0 Å². The van der Waals surface area contributed by atoms with E-state index in [1.807, 2.05) is 6.07 Å². The molecule has 0 aliphatic rings. The van der Waals surface area contributed by atoms with Gasteiger partial charge in [-0.1, -0.05) is 34.8 Å². The highest BCUT2D eigenvalue weighted by atomic mass is 35.5. The Morgan fingerprint density at radius 2 is 1.83 bits per heavy atom. The molecule has 122 valence electrons. The molecule has 0 aliphatic heterocycles. The number of halogens is 3. The Morgan fingerprint density at radius 3 is 2.46 bits per heavy atom. The molecule has 3 rings (SSSR count). The highest BCUT2D eigenvalue weighted by molar-refractivity contribution is 6.46. The fourth-order valence-corrected chi connectivity index (χ4v) is 3.05. The first kappa shape index (κ1) is 16.7. The third-order valence-electron chi connectivity index (χ3n) is 3.44. The first-order valence-corrected chi connectivity index (χ1v) is 7.71. The first-order chi connectivity index (χ1) is 11.5. The van der Waals surface area contributed by atoms with Crippen molar-refractivity contribution in [3.8, 4) is 29.0 Å². The lowest BCUT2D eigenvalue weighted by Gasteiger charge is -2.11. The molecule has 1 aromatic carbocycles. The van der Waals surface area contributed by atoms with Crippen molar-refractivity contribution >= 4 is 40.4 Å². The Morgan fingerprint density at radius 1 is 1.08 bits per heavy atom. The molecule has 0 saturated heterocycles.